The van der Waals surface area contributed by atoms with E-state index in [4.69, 9.17) is 9.47 Å². The highest BCUT2D eigenvalue weighted by Gasteiger charge is 2.43. The zero-order valence-electron chi connectivity index (χ0n) is 23.6. The van der Waals surface area contributed by atoms with E-state index >= 15 is 0 Å². The van der Waals surface area contributed by atoms with E-state index < -0.39 is 67.6 Å². The third-order valence-electron chi connectivity index (χ3n) is 8.05. The summed E-state index contributed by atoms with van der Waals surface area (Å²) in [5.41, 5.74) is 3.16. The lowest BCUT2D eigenvalue weighted by atomic mass is 9.93. The lowest BCUT2D eigenvalue weighted by Crippen LogP contribution is -2.58. The van der Waals surface area contributed by atoms with Crippen LogP contribution in [0.4, 0.5) is 0 Å². The molecule has 11 nitrogen and oxygen atoms in total. The zero-order valence-corrected chi connectivity index (χ0v) is 23.6. The summed E-state index contributed by atoms with van der Waals surface area (Å²) >= 11 is 0. The summed E-state index contributed by atoms with van der Waals surface area (Å²) < 4.78 is 13.3. The van der Waals surface area contributed by atoms with Gasteiger partial charge in [0.2, 0.25) is 0 Å². The maximum absolute atomic E-state index is 10.4. The largest absolute Gasteiger partial charge is 0.396 e. The monoisotopic (exact) mass is 595 g/mol. The Balaban J connectivity index is 1.46. The van der Waals surface area contributed by atoms with Crippen LogP contribution in [0.1, 0.15) is 30.9 Å². The van der Waals surface area contributed by atoms with Crippen LogP contribution in [-0.2, 0) is 16.0 Å². The van der Waals surface area contributed by atoms with E-state index in [9.17, 15) is 40.9 Å². The van der Waals surface area contributed by atoms with Crippen LogP contribution in [0.15, 0.2) is 36.4 Å². The lowest BCUT2D eigenvalue weighted by molar-refractivity contribution is -0.214. The first-order valence-corrected chi connectivity index (χ1v) is 14.4. The highest BCUT2D eigenvalue weighted by Crippen LogP contribution is 2.31. The highest BCUT2D eigenvalue weighted by atomic mass is 16.5. The van der Waals surface area contributed by atoms with Crippen LogP contribution in [0, 0.1) is 23.7 Å². The van der Waals surface area contributed by atoms with Gasteiger partial charge in [-0.05, 0) is 37.1 Å². The molecule has 2 fully saturated rings. The highest BCUT2D eigenvalue weighted by molar-refractivity contribution is 6.08. The molecule has 0 aliphatic carbocycles. The molecule has 2 aromatic carbocycles. The van der Waals surface area contributed by atoms with Crippen LogP contribution >= 0.6 is 0 Å². The number of fused-ring (bicyclic) bond motifs is 3. The molecule has 43 heavy (non-hydrogen) atoms. The van der Waals surface area contributed by atoms with Gasteiger partial charge in [-0.15, -0.1) is 0 Å². The van der Waals surface area contributed by atoms with Crippen molar-refractivity contribution < 1.29 is 50.3 Å². The van der Waals surface area contributed by atoms with Crippen LogP contribution in [0.5, 0.6) is 0 Å². The predicted octanol–water partition coefficient (Wildman–Crippen LogP) is -1.02. The first-order valence-electron chi connectivity index (χ1n) is 14.4. The molecule has 10 atom stereocenters. The van der Waals surface area contributed by atoms with E-state index in [0.717, 1.165) is 28.2 Å². The Morgan fingerprint density at radius 1 is 0.674 bits per heavy atom. The minimum atomic E-state index is -1.50. The maximum Gasteiger partial charge on any atom is 0.147 e. The van der Waals surface area contributed by atoms with Gasteiger partial charge in [-0.2, -0.15) is 0 Å². The van der Waals surface area contributed by atoms with Gasteiger partial charge >= 0.3 is 0 Å². The van der Waals surface area contributed by atoms with Gasteiger partial charge < -0.3 is 54.9 Å². The third kappa shape index (κ3) is 6.16. The molecule has 0 spiro atoms. The molecule has 5 rings (SSSR count). The van der Waals surface area contributed by atoms with E-state index in [2.05, 4.69) is 35.2 Å². The minimum absolute atomic E-state index is 0.0983. The molecule has 0 radical (unpaired) electrons. The predicted molar refractivity (Wildman–Crippen MR) is 156 cm³/mol. The second kappa shape index (κ2) is 13.3. The number of nitrogens with zero attached hydrogens (tertiary/aromatic N) is 1. The minimum Gasteiger partial charge on any atom is -0.396 e. The molecule has 2 saturated heterocycles. The Labute approximate surface area is 248 Å². The molecule has 1 aromatic heterocycles. The molecular weight excluding hydrogens is 558 g/mol. The Bertz CT molecular complexity index is 1560. The van der Waals surface area contributed by atoms with Crippen molar-refractivity contribution >= 4 is 21.8 Å². The first-order chi connectivity index (χ1) is 20.7. The number of hydrogen-bond acceptors (Lipinski definition) is 10. The molecule has 0 saturated carbocycles. The summed E-state index contributed by atoms with van der Waals surface area (Å²) in [5.74, 6) is 11.7. The Morgan fingerprint density at radius 3 is 1.63 bits per heavy atom. The third-order valence-corrected chi connectivity index (χ3v) is 8.05. The number of rotatable bonds is 5. The van der Waals surface area contributed by atoms with E-state index in [1.54, 1.807) is 0 Å². The van der Waals surface area contributed by atoms with Gasteiger partial charge in [0.25, 0.3) is 0 Å². The molecule has 2 aliphatic rings. The van der Waals surface area contributed by atoms with Gasteiger partial charge in [0.15, 0.2) is 0 Å². The number of benzene rings is 2. The Morgan fingerprint density at radius 2 is 1.16 bits per heavy atom. The topological polar surface area (TPSA) is 185 Å². The second-order valence-corrected chi connectivity index (χ2v) is 11.0. The molecule has 2 aliphatic heterocycles. The van der Waals surface area contributed by atoms with Crippen LogP contribution in [0.25, 0.3) is 21.8 Å². The van der Waals surface area contributed by atoms with Gasteiger partial charge in [0, 0.05) is 35.1 Å². The maximum atomic E-state index is 10.4. The Kier molecular flexibility index (Phi) is 9.71. The summed E-state index contributed by atoms with van der Waals surface area (Å²) in [5, 5.41) is 81.8. The van der Waals surface area contributed by atoms with Crippen molar-refractivity contribution in [3.8, 4) is 23.7 Å². The van der Waals surface area contributed by atoms with E-state index in [1.807, 2.05) is 36.4 Å². The number of hydrogen-bond donors (Lipinski definition) is 8. The van der Waals surface area contributed by atoms with Crippen molar-refractivity contribution in [1.29, 1.82) is 0 Å². The van der Waals surface area contributed by atoms with Crippen LogP contribution < -0.4 is 0 Å². The number of aromatic nitrogens is 1. The fourth-order valence-electron chi connectivity index (χ4n) is 5.68. The molecule has 3 aromatic rings. The molecule has 0 amide bonds. The summed E-state index contributed by atoms with van der Waals surface area (Å²) in [4.78, 5) is 0. The summed E-state index contributed by atoms with van der Waals surface area (Å²) in [6, 6.07) is 11.5. The van der Waals surface area contributed by atoms with Crippen LogP contribution in [0.3, 0.4) is 0 Å². The van der Waals surface area contributed by atoms with Crippen molar-refractivity contribution in [2.24, 2.45) is 0 Å². The molecule has 230 valence electrons. The van der Waals surface area contributed by atoms with Crippen molar-refractivity contribution in [3.63, 3.8) is 0 Å². The molecule has 0 unspecified atom stereocenters. The van der Waals surface area contributed by atoms with Gasteiger partial charge in [0.05, 0.1) is 23.7 Å². The van der Waals surface area contributed by atoms with Crippen molar-refractivity contribution in [2.45, 2.75) is 87.3 Å². The smallest absolute Gasteiger partial charge is 0.147 e. The molecule has 11 heteroatoms. The lowest BCUT2D eigenvalue weighted by Gasteiger charge is -2.38. The zero-order chi connectivity index (χ0) is 30.8. The first kappa shape index (κ1) is 31.4. The Hall–Kier alpha value is -3.04. The SMILES string of the molecule is CCCn1c2cc(C#C[C@H]3O[C@H](CO)[C@@H](O)[C@H](O)[C@@H]3O)ccc2c2ccc(C#C[C@H]3O[C@H](CCO)[C@@H](O)[C@H](O)[C@@H]3O)cc21. The second-order valence-electron chi connectivity index (χ2n) is 11.0. The van der Waals surface area contributed by atoms with Gasteiger partial charge in [-0.1, -0.05) is 42.7 Å². The summed E-state index contributed by atoms with van der Waals surface area (Å²) in [6.07, 6.45) is -11.6. The molecule has 0 bridgehead atoms. The van der Waals surface area contributed by atoms with Crippen LogP contribution in [-0.4, -0.2) is 120 Å². The van der Waals surface area contributed by atoms with Gasteiger partial charge in [-0.25, -0.2) is 0 Å². The van der Waals surface area contributed by atoms with E-state index in [0.29, 0.717) is 17.7 Å². The van der Waals surface area contributed by atoms with E-state index in [1.165, 1.54) is 0 Å². The van der Waals surface area contributed by atoms with E-state index in [-0.39, 0.29) is 13.0 Å². The normalized spacial score (nSPS) is 32.7. The fraction of sp³-hybridized carbons (Fsp3) is 0.500. The van der Waals surface area contributed by atoms with Crippen molar-refractivity contribution in [2.75, 3.05) is 13.2 Å². The number of ether oxygens (including phenoxy) is 2. The van der Waals surface area contributed by atoms with Gasteiger partial charge in [0.1, 0.15) is 54.9 Å². The van der Waals surface area contributed by atoms with Crippen LogP contribution in [0.2, 0.25) is 0 Å². The summed E-state index contributed by atoms with van der Waals surface area (Å²) in [7, 11) is 0. The number of aliphatic hydroxyl groups is 8. The average Bonchev–Trinajstić information content (AvgIpc) is 3.31. The number of aliphatic hydroxyl groups excluding tert-OH is 8. The molecular formula is C32H37NO10. The summed E-state index contributed by atoms with van der Waals surface area (Å²) in [6.45, 7) is 2.00. The van der Waals surface area contributed by atoms with Gasteiger partial charge in [-0.3, -0.25) is 0 Å². The quantitative estimate of drug-likeness (QED) is 0.170. The standard InChI is InChI=1S/C32H37NO10/c1-2-12-33-21-14-17(5-9-23-27(36)31(40)29(38)25(42-23)11-13-34)3-7-19(21)20-8-4-18(15-22(20)33)6-10-24-28(37)32(41)30(39)26(16-35)43-24/h3-4,7-8,14-15,23-32,34-41H,2,11-13,16H2,1H3/t23-,24-,25-,26-,27-,28-,29-,30-,31-,32-/m1/s1. The fourth-order valence-corrected chi connectivity index (χ4v) is 5.68. The van der Waals surface area contributed by atoms with Crippen molar-refractivity contribution in [3.05, 3.63) is 47.5 Å². The number of aryl methyl sites for hydroxylation is 1. The van der Waals surface area contributed by atoms with Crippen molar-refractivity contribution in [1.82, 2.24) is 4.57 Å². The average molecular weight is 596 g/mol. The molecule has 3 heterocycles. The molecule has 8 N–H and O–H groups in total.